The van der Waals surface area contributed by atoms with Crippen LogP contribution in [0.2, 0.25) is 5.02 Å². The van der Waals surface area contributed by atoms with Crippen LogP contribution in [0.3, 0.4) is 0 Å². The Bertz CT molecular complexity index is 1100. The van der Waals surface area contributed by atoms with Crippen LogP contribution in [0.5, 0.6) is 0 Å². The predicted octanol–water partition coefficient (Wildman–Crippen LogP) is 3.01. The van der Waals surface area contributed by atoms with Gasteiger partial charge in [0, 0.05) is 10.7 Å². The molecular weight excluding hydrogens is 366 g/mol. The Kier molecular flexibility index (Phi) is 4.66. The van der Waals surface area contributed by atoms with E-state index in [1.807, 2.05) is 30.3 Å². The van der Waals surface area contributed by atoms with Gasteiger partial charge in [-0.05, 0) is 47.9 Å². The van der Waals surface area contributed by atoms with Gasteiger partial charge in [0.1, 0.15) is 13.3 Å². The molecule has 1 aliphatic heterocycles. The molecule has 4 nitrogen and oxygen atoms in total. The Hall–Kier alpha value is -2.37. The fourth-order valence-electron chi connectivity index (χ4n) is 2.93. The fraction of sp³-hybridized carbons (Fsp3) is 0.200. The number of hydrogen-bond acceptors (Lipinski definition) is 4. The number of thiazole rings is 1. The maximum Gasteiger partial charge on any atom is 0.271 e. The van der Waals surface area contributed by atoms with Crippen LogP contribution in [-0.2, 0) is 13.1 Å². The van der Waals surface area contributed by atoms with Gasteiger partial charge in [0.15, 0.2) is 4.80 Å². The molecule has 0 fully saturated rings. The molecule has 0 spiro atoms. The fourth-order valence-corrected chi connectivity index (χ4v) is 4.02. The second kappa shape index (κ2) is 7.09. The minimum Gasteiger partial charge on any atom is -0.334 e. The summed E-state index contributed by atoms with van der Waals surface area (Å²) in [5.41, 5.74) is 3.34. The van der Waals surface area contributed by atoms with Gasteiger partial charge in [0.25, 0.3) is 5.56 Å². The molecule has 0 radical (unpaired) electrons. The Morgan fingerprint density at radius 1 is 1.15 bits per heavy atom. The van der Waals surface area contributed by atoms with Crippen molar-refractivity contribution in [2.45, 2.75) is 20.0 Å². The molecule has 0 atom stereocenters. The van der Waals surface area contributed by atoms with E-state index in [9.17, 15) is 4.79 Å². The topological polar surface area (TPSA) is 37.6 Å². The number of aryl methyl sites for hydroxylation is 1. The van der Waals surface area contributed by atoms with Crippen LogP contribution in [0, 0.1) is 0 Å². The minimum absolute atomic E-state index is 0.00132. The summed E-state index contributed by atoms with van der Waals surface area (Å²) in [6.45, 7) is 3.22. The highest BCUT2D eigenvalue weighted by molar-refractivity contribution is 7.07. The lowest BCUT2D eigenvalue weighted by atomic mass is 10.1. The van der Waals surface area contributed by atoms with Crippen molar-refractivity contribution in [3.63, 3.8) is 0 Å². The number of hydrogen-bond donors (Lipinski definition) is 0. The van der Waals surface area contributed by atoms with E-state index in [2.05, 4.69) is 41.1 Å². The highest BCUT2D eigenvalue weighted by Crippen LogP contribution is 2.17. The lowest BCUT2D eigenvalue weighted by Crippen LogP contribution is -2.42. The van der Waals surface area contributed by atoms with E-state index in [1.165, 1.54) is 16.9 Å². The third kappa shape index (κ3) is 3.32. The van der Waals surface area contributed by atoms with Gasteiger partial charge in [0.05, 0.1) is 4.53 Å². The summed E-state index contributed by atoms with van der Waals surface area (Å²) in [4.78, 5) is 20.3. The van der Waals surface area contributed by atoms with Crippen molar-refractivity contribution in [3.05, 3.63) is 84.4 Å². The summed E-state index contributed by atoms with van der Waals surface area (Å²) < 4.78 is 2.43. The number of nitrogens with zero attached hydrogens (tertiary/aromatic N) is 3. The Labute approximate surface area is 160 Å². The average molecular weight is 384 g/mol. The number of fused-ring (bicyclic) bond motifs is 1. The molecule has 3 aromatic rings. The maximum absolute atomic E-state index is 12.8. The SMILES string of the molecule is CCc1ccc(N2CN=c3s/c(=C\c4ccc(Cl)cc4)c(=O)n3C2)cc1. The quantitative estimate of drug-likeness (QED) is 0.697. The first kappa shape index (κ1) is 17.1. The standard InChI is InChI=1S/C20H18ClN3OS/c1-2-14-5-9-17(10-6-14)23-12-22-20-24(13-23)19(25)18(26-20)11-15-3-7-16(21)8-4-15/h3-11H,2,12-13H2,1H3/b18-11-. The molecule has 4 rings (SSSR count). The molecule has 26 heavy (non-hydrogen) atoms. The largest absolute Gasteiger partial charge is 0.334 e. The number of aromatic nitrogens is 1. The van der Waals surface area contributed by atoms with E-state index in [1.54, 1.807) is 4.57 Å². The van der Waals surface area contributed by atoms with Gasteiger partial charge in [0.2, 0.25) is 0 Å². The second-order valence-corrected chi connectivity index (χ2v) is 7.62. The van der Waals surface area contributed by atoms with Gasteiger partial charge < -0.3 is 4.90 Å². The van der Waals surface area contributed by atoms with Crippen LogP contribution >= 0.6 is 22.9 Å². The maximum atomic E-state index is 12.8. The first-order valence-electron chi connectivity index (χ1n) is 8.49. The Balaban J connectivity index is 1.67. The van der Waals surface area contributed by atoms with Gasteiger partial charge in [-0.1, -0.05) is 54.1 Å². The van der Waals surface area contributed by atoms with E-state index in [4.69, 9.17) is 11.6 Å². The third-order valence-corrected chi connectivity index (χ3v) is 5.75. The summed E-state index contributed by atoms with van der Waals surface area (Å²) in [7, 11) is 0. The van der Waals surface area contributed by atoms with E-state index < -0.39 is 0 Å². The van der Waals surface area contributed by atoms with E-state index in [0.717, 1.165) is 22.5 Å². The van der Waals surface area contributed by atoms with Crippen molar-refractivity contribution in [3.8, 4) is 0 Å². The van der Waals surface area contributed by atoms with E-state index in [-0.39, 0.29) is 5.56 Å². The van der Waals surface area contributed by atoms with Crippen LogP contribution in [0.15, 0.2) is 58.3 Å². The molecule has 0 unspecified atom stereocenters. The van der Waals surface area contributed by atoms with Gasteiger partial charge >= 0.3 is 0 Å². The molecule has 0 saturated carbocycles. The molecule has 0 bridgehead atoms. The molecule has 2 aromatic carbocycles. The summed E-state index contributed by atoms with van der Waals surface area (Å²) in [6, 6.07) is 15.9. The van der Waals surface area contributed by atoms with Gasteiger partial charge in [-0.15, -0.1) is 0 Å². The molecular formula is C20H18ClN3OS. The zero-order chi connectivity index (χ0) is 18.1. The van der Waals surface area contributed by atoms with E-state index in [0.29, 0.717) is 22.9 Å². The van der Waals surface area contributed by atoms with Crippen molar-refractivity contribution in [1.29, 1.82) is 0 Å². The molecule has 2 heterocycles. The van der Waals surface area contributed by atoms with Crippen molar-refractivity contribution >= 4 is 34.7 Å². The van der Waals surface area contributed by atoms with Crippen molar-refractivity contribution in [2.75, 3.05) is 11.6 Å². The zero-order valence-electron chi connectivity index (χ0n) is 14.4. The van der Waals surface area contributed by atoms with Gasteiger partial charge in [-0.25, -0.2) is 4.99 Å². The summed E-state index contributed by atoms with van der Waals surface area (Å²) in [5, 5.41) is 0.684. The van der Waals surface area contributed by atoms with Crippen LogP contribution in [0.1, 0.15) is 18.1 Å². The van der Waals surface area contributed by atoms with Crippen molar-refractivity contribution in [2.24, 2.45) is 4.99 Å². The molecule has 1 aliphatic rings. The van der Waals surface area contributed by atoms with Gasteiger partial charge in [-0.3, -0.25) is 9.36 Å². The minimum atomic E-state index is -0.00132. The van der Waals surface area contributed by atoms with E-state index >= 15 is 0 Å². The van der Waals surface area contributed by atoms with Crippen LogP contribution in [-0.4, -0.2) is 11.2 Å². The summed E-state index contributed by atoms with van der Waals surface area (Å²) in [5.74, 6) is 0. The first-order valence-corrected chi connectivity index (χ1v) is 9.69. The second-order valence-electron chi connectivity index (χ2n) is 6.18. The van der Waals surface area contributed by atoms with Gasteiger partial charge in [-0.2, -0.15) is 0 Å². The highest BCUT2D eigenvalue weighted by atomic mass is 35.5. The van der Waals surface area contributed by atoms with Crippen molar-refractivity contribution < 1.29 is 0 Å². The molecule has 0 amide bonds. The lowest BCUT2D eigenvalue weighted by molar-refractivity contribution is 0.569. The number of benzene rings is 2. The van der Waals surface area contributed by atoms with Crippen molar-refractivity contribution in [1.82, 2.24) is 4.57 Å². The zero-order valence-corrected chi connectivity index (χ0v) is 15.9. The molecule has 132 valence electrons. The summed E-state index contributed by atoms with van der Waals surface area (Å²) in [6.07, 6.45) is 2.91. The molecule has 1 aromatic heterocycles. The monoisotopic (exact) mass is 383 g/mol. The highest BCUT2D eigenvalue weighted by Gasteiger charge is 2.15. The smallest absolute Gasteiger partial charge is 0.271 e. The van der Waals surface area contributed by atoms with Crippen LogP contribution < -0.4 is 19.8 Å². The number of anilines is 1. The Morgan fingerprint density at radius 3 is 2.58 bits per heavy atom. The van der Waals surface area contributed by atoms with Crippen LogP contribution in [0.25, 0.3) is 6.08 Å². The predicted molar refractivity (Wildman–Crippen MR) is 108 cm³/mol. The lowest BCUT2D eigenvalue weighted by Gasteiger charge is -2.25. The van der Waals surface area contributed by atoms with Crippen LogP contribution in [0.4, 0.5) is 5.69 Å². The number of rotatable bonds is 3. The molecule has 0 N–H and O–H groups in total. The summed E-state index contributed by atoms with van der Waals surface area (Å²) >= 11 is 7.36. The normalized spacial score (nSPS) is 14.2. The molecule has 6 heteroatoms. The molecule has 0 aliphatic carbocycles. The Morgan fingerprint density at radius 2 is 1.88 bits per heavy atom. The molecule has 0 saturated heterocycles. The third-order valence-electron chi connectivity index (χ3n) is 4.45. The average Bonchev–Trinajstić information content (AvgIpc) is 2.99. The first-order chi connectivity index (χ1) is 12.6. The number of halogens is 1.